The zero-order valence-corrected chi connectivity index (χ0v) is 11.1. The molecule has 1 fully saturated rings. The summed E-state index contributed by atoms with van der Waals surface area (Å²) in [5, 5.41) is 0. The van der Waals surface area contributed by atoms with E-state index in [1.165, 1.54) is 18.4 Å². The van der Waals surface area contributed by atoms with Gasteiger partial charge in [-0.05, 0) is 49.3 Å². The standard InChI is InChI=1S/C15H23NO2/c1-17-15-5-3-2-4-14(15)8-13(9-16)11-18-10-12-6-7-12/h2-5,12-13H,6-11,16H2,1H3. The summed E-state index contributed by atoms with van der Waals surface area (Å²) in [6.07, 6.45) is 3.59. The summed E-state index contributed by atoms with van der Waals surface area (Å²) in [6, 6.07) is 8.12. The van der Waals surface area contributed by atoms with Crippen molar-refractivity contribution in [2.75, 3.05) is 26.9 Å². The van der Waals surface area contributed by atoms with Gasteiger partial charge in [-0.15, -0.1) is 0 Å². The first kappa shape index (κ1) is 13.4. The molecule has 1 unspecified atom stereocenters. The molecule has 3 heteroatoms. The number of ether oxygens (including phenoxy) is 2. The third-order valence-electron chi connectivity index (χ3n) is 3.44. The number of methoxy groups -OCH3 is 1. The third-order valence-corrected chi connectivity index (χ3v) is 3.44. The maximum atomic E-state index is 5.82. The fraction of sp³-hybridized carbons (Fsp3) is 0.600. The van der Waals surface area contributed by atoms with Crippen LogP contribution < -0.4 is 10.5 Å². The average Bonchev–Trinajstić information content (AvgIpc) is 3.22. The van der Waals surface area contributed by atoms with Gasteiger partial charge in [-0.2, -0.15) is 0 Å². The summed E-state index contributed by atoms with van der Waals surface area (Å²) in [5.41, 5.74) is 7.04. The summed E-state index contributed by atoms with van der Waals surface area (Å²) in [4.78, 5) is 0. The predicted octanol–water partition coefficient (Wildman–Crippen LogP) is 2.24. The van der Waals surface area contributed by atoms with Crippen molar-refractivity contribution in [3.05, 3.63) is 29.8 Å². The van der Waals surface area contributed by atoms with Gasteiger partial charge >= 0.3 is 0 Å². The van der Waals surface area contributed by atoms with E-state index < -0.39 is 0 Å². The molecule has 2 N–H and O–H groups in total. The molecule has 3 nitrogen and oxygen atoms in total. The summed E-state index contributed by atoms with van der Waals surface area (Å²) in [5.74, 6) is 2.13. The second-order valence-corrected chi connectivity index (χ2v) is 5.10. The summed E-state index contributed by atoms with van der Waals surface area (Å²) < 4.78 is 11.1. The molecular weight excluding hydrogens is 226 g/mol. The van der Waals surface area contributed by atoms with Gasteiger partial charge in [-0.25, -0.2) is 0 Å². The van der Waals surface area contributed by atoms with E-state index in [0.29, 0.717) is 12.5 Å². The SMILES string of the molecule is COc1ccccc1CC(CN)COCC1CC1. The van der Waals surface area contributed by atoms with Crippen LogP contribution in [-0.2, 0) is 11.2 Å². The molecule has 1 aromatic carbocycles. The molecule has 0 heterocycles. The van der Waals surface area contributed by atoms with Crippen LogP contribution >= 0.6 is 0 Å². The lowest BCUT2D eigenvalue weighted by Gasteiger charge is -2.16. The van der Waals surface area contributed by atoms with E-state index in [2.05, 4.69) is 6.07 Å². The van der Waals surface area contributed by atoms with Crippen LogP contribution in [-0.4, -0.2) is 26.9 Å². The van der Waals surface area contributed by atoms with Crippen LogP contribution in [0.1, 0.15) is 18.4 Å². The van der Waals surface area contributed by atoms with Crippen molar-refractivity contribution < 1.29 is 9.47 Å². The Kier molecular flexibility index (Phi) is 5.02. The minimum atomic E-state index is 0.375. The highest BCUT2D eigenvalue weighted by atomic mass is 16.5. The second kappa shape index (κ2) is 6.76. The highest BCUT2D eigenvalue weighted by molar-refractivity contribution is 5.33. The number of nitrogens with two attached hydrogens (primary N) is 1. The molecule has 0 radical (unpaired) electrons. The normalized spacial score (nSPS) is 16.6. The van der Waals surface area contributed by atoms with Gasteiger partial charge in [0.25, 0.3) is 0 Å². The first-order valence-corrected chi connectivity index (χ1v) is 6.73. The lowest BCUT2D eigenvalue weighted by Crippen LogP contribution is -2.23. The van der Waals surface area contributed by atoms with Crippen molar-refractivity contribution in [1.82, 2.24) is 0 Å². The van der Waals surface area contributed by atoms with E-state index in [1.54, 1.807) is 7.11 Å². The average molecular weight is 249 g/mol. The topological polar surface area (TPSA) is 44.5 Å². The van der Waals surface area contributed by atoms with Crippen molar-refractivity contribution in [3.63, 3.8) is 0 Å². The molecule has 0 aliphatic heterocycles. The molecule has 0 bridgehead atoms. The van der Waals surface area contributed by atoms with Crippen molar-refractivity contribution in [2.45, 2.75) is 19.3 Å². The van der Waals surface area contributed by atoms with Crippen molar-refractivity contribution in [1.29, 1.82) is 0 Å². The second-order valence-electron chi connectivity index (χ2n) is 5.10. The molecule has 1 saturated carbocycles. The maximum absolute atomic E-state index is 5.82. The van der Waals surface area contributed by atoms with Crippen molar-refractivity contribution >= 4 is 0 Å². The molecular formula is C15H23NO2. The van der Waals surface area contributed by atoms with E-state index >= 15 is 0 Å². The predicted molar refractivity (Wildman–Crippen MR) is 72.8 cm³/mol. The first-order valence-electron chi connectivity index (χ1n) is 6.73. The first-order chi connectivity index (χ1) is 8.83. The Hall–Kier alpha value is -1.06. The zero-order valence-electron chi connectivity index (χ0n) is 11.1. The van der Waals surface area contributed by atoms with Gasteiger partial charge in [0, 0.05) is 6.61 Å². The Morgan fingerprint density at radius 1 is 1.33 bits per heavy atom. The maximum Gasteiger partial charge on any atom is 0.122 e. The number of hydrogen-bond donors (Lipinski definition) is 1. The van der Waals surface area contributed by atoms with Crippen LogP contribution in [0.3, 0.4) is 0 Å². The fourth-order valence-corrected chi connectivity index (χ4v) is 2.08. The van der Waals surface area contributed by atoms with Crippen LogP contribution in [0, 0.1) is 11.8 Å². The molecule has 1 aliphatic carbocycles. The molecule has 0 saturated heterocycles. The Morgan fingerprint density at radius 3 is 2.78 bits per heavy atom. The van der Waals surface area contributed by atoms with E-state index in [9.17, 15) is 0 Å². The van der Waals surface area contributed by atoms with Crippen molar-refractivity contribution in [3.8, 4) is 5.75 Å². The van der Waals surface area contributed by atoms with Gasteiger partial charge in [0.1, 0.15) is 5.75 Å². The molecule has 18 heavy (non-hydrogen) atoms. The Labute approximate surface area is 109 Å². The van der Waals surface area contributed by atoms with Gasteiger partial charge in [0.05, 0.1) is 13.7 Å². The molecule has 1 aliphatic rings. The Balaban J connectivity index is 1.83. The third kappa shape index (κ3) is 4.00. The molecule has 1 aromatic rings. The monoisotopic (exact) mass is 249 g/mol. The number of hydrogen-bond acceptors (Lipinski definition) is 3. The van der Waals surface area contributed by atoms with Gasteiger partial charge in [-0.3, -0.25) is 0 Å². The quantitative estimate of drug-likeness (QED) is 0.768. The lowest BCUT2D eigenvalue weighted by molar-refractivity contribution is 0.0932. The molecule has 100 valence electrons. The van der Waals surface area contributed by atoms with Gasteiger partial charge in [0.2, 0.25) is 0 Å². The van der Waals surface area contributed by atoms with Crippen molar-refractivity contribution in [2.24, 2.45) is 17.6 Å². The van der Waals surface area contributed by atoms with E-state index in [0.717, 1.165) is 31.3 Å². The largest absolute Gasteiger partial charge is 0.496 e. The Morgan fingerprint density at radius 2 is 2.11 bits per heavy atom. The highest BCUT2D eigenvalue weighted by Crippen LogP contribution is 2.29. The van der Waals surface area contributed by atoms with Gasteiger partial charge in [-0.1, -0.05) is 18.2 Å². The van der Waals surface area contributed by atoms with Crippen LogP contribution in [0.15, 0.2) is 24.3 Å². The molecule has 0 amide bonds. The molecule has 2 rings (SSSR count). The van der Waals surface area contributed by atoms with E-state index in [1.807, 2.05) is 18.2 Å². The smallest absolute Gasteiger partial charge is 0.122 e. The van der Waals surface area contributed by atoms with Gasteiger partial charge < -0.3 is 15.2 Å². The van der Waals surface area contributed by atoms with Crippen LogP contribution in [0.25, 0.3) is 0 Å². The number of para-hydroxylation sites is 1. The minimum Gasteiger partial charge on any atom is -0.496 e. The fourth-order valence-electron chi connectivity index (χ4n) is 2.08. The minimum absolute atomic E-state index is 0.375. The lowest BCUT2D eigenvalue weighted by atomic mass is 9.99. The van der Waals surface area contributed by atoms with Gasteiger partial charge in [0.15, 0.2) is 0 Å². The number of benzene rings is 1. The van der Waals surface area contributed by atoms with E-state index in [4.69, 9.17) is 15.2 Å². The summed E-state index contributed by atoms with van der Waals surface area (Å²) in [6.45, 7) is 2.32. The molecule has 0 spiro atoms. The van der Waals surface area contributed by atoms with Crippen LogP contribution in [0.5, 0.6) is 5.75 Å². The van der Waals surface area contributed by atoms with E-state index in [-0.39, 0.29) is 0 Å². The molecule has 0 aromatic heterocycles. The highest BCUT2D eigenvalue weighted by Gasteiger charge is 2.21. The Bertz CT molecular complexity index is 363. The van der Waals surface area contributed by atoms with Crippen LogP contribution in [0.2, 0.25) is 0 Å². The number of rotatable bonds is 8. The van der Waals surface area contributed by atoms with Crippen LogP contribution in [0.4, 0.5) is 0 Å². The molecule has 1 atom stereocenters. The zero-order chi connectivity index (χ0) is 12.8. The summed E-state index contributed by atoms with van der Waals surface area (Å²) >= 11 is 0. The summed E-state index contributed by atoms with van der Waals surface area (Å²) in [7, 11) is 1.71.